The fourth-order valence-corrected chi connectivity index (χ4v) is 3.89. The van der Waals surface area contributed by atoms with Gasteiger partial charge in [-0.05, 0) is 51.2 Å². The molecule has 5 nitrogen and oxygen atoms in total. The van der Waals surface area contributed by atoms with Crippen LogP contribution in [0.25, 0.3) is 0 Å². The van der Waals surface area contributed by atoms with E-state index in [1.165, 1.54) is 5.56 Å². The number of fused-ring (bicyclic) bond motifs is 1. The molecule has 2 heterocycles. The molecule has 0 aromatic heterocycles. The summed E-state index contributed by atoms with van der Waals surface area (Å²) >= 11 is 0. The number of benzene rings is 1. The molecule has 0 bridgehead atoms. The Kier molecular flexibility index (Phi) is 7.15. The van der Waals surface area contributed by atoms with E-state index in [-0.39, 0.29) is 18.3 Å². The summed E-state index contributed by atoms with van der Waals surface area (Å²) in [7, 11) is 0. The number of carbonyl (C=O) groups excluding carboxylic acids is 1. The average Bonchev–Trinajstić information content (AvgIpc) is 2.63. The van der Waals surface area contributed by atoms with E-state index in [0.29, 0.717) is 19.0 Å². The Hall–Kier alpha value is -1.75. The second-order valence-corrected chi connectivity index (χ2v) is 8.20. The fourth-order valence-electron chi connectivity index (χ4n) is 3.89. The lowest BCUT2D eigenvalue weighted by molar-refractivity contribution is -0.0336. The number of amides is 1. The van der Waals surface area contributed by atoms with Gasteiger partial charge in [-0.15, -0.1) is 0 Å². The summed E-state index contributed by atoms with van der Waals surface area (Å²) in [6.45, 7) is 11.1. The first-order valence-electron chi connectivity index (χ1n) is 10.2. The molecule has 1 atom stereocenters. The number of likely N-dealkylation sites (tertiary alicyclic amines) is 1. The van der Waals surface area contributed by atoms with E-state index in [2.05, 4.69) is 6.07 Å². The van der Waals surface area contributed by atoms with Crippen molar-refractivity contribution in [3.63, 3.8) is 0 Å². The molecule has 0 radical (unpaired) electrons. The molecular formula is C22H35NO4. The molecule has 27 heavy (non-hydrogen) atoms. The highest BCUT2D eigenvalue weighted by molar-refractivity contribution is 5.68. The molecule has 1 N–H and O–H groups in total. The van der Waals surface area contributed by atoms with Gasteiger partial charge in [-0.25, -0.2) is 4.79 Å². The zero-order valence-electron chi connectivity index (χ0n) is 17.5. The van der Waals surface area contributed by atoms with Crippen molar-refractivity contribution in [2.75, 3.05) is 19.7 Å². The van der Waals surface area contributed by atoms with Crippen LogP contribution < -0.4 is 4.74 Å². The lowest BCUT2D eigenvalue weighted by atomic mass is 9.76. The zero-order chi connectivity index (χ0) is 20.1. The van der Waals surface area contributed by atoms with E-state index in [4.69, 9.17) is 9.47 Å². The minimum atomic E-state index is -0.473. The number of ether oxygens (including phenoxy) is 2. The summed E-state index contributed by atoms with van der Waals surface area (Å²) in [6.07, 6.45) is 2.99. The van der Waals surface area contributed by atoms with Gasteiger partial charge in [-0.2, -0.15) is 0 Å². The van der Waals surface area contributed by atoms with E-state index in [0.717, 1.165) is 31.4 Å². The number of aliphatic hydroxyl groups is 1. The van der Waals surface area contributed by atoms with Crippen LogP contribution in [-0.2, 0) is 4.74 Å². The molecule has 3 rings (SSSR count). The molecule has 0 aliphatic carbocycles. The summed E-state index contributed by atoms with van der Waals surface area (Å²) < 4.78 is 11.9. The number of hydrogen-bond donors (Lipinski definition) is 1. The molecule has 1 aromatic carbocycles. The number of rotatable bonds is 2. The number of hydrogen-bond acceptors (Lipinski definition) is 4. The molecule has 152 valence electrons. The Labute approximate surface area is 163 Å². The Morgan fingerprint density at radius 1 is 1.26 bits per heavy atom. The van der Waals surface area contributed by atoms with E-state index < -0.39 is 5.60 Å². The quantitative estimate of drug-likeness (QED) is 0.809. The third-order valence-corrected chi connectivity index (χ3v) is 5.11. The van der Waals surface area contributed by atoms with Crippen LogP contribution >= 0.6 is 0 Å². The van der Waals surface area contributed by atoms with Gasteiger partial charge >= 0.3 is 6.09 Å². The monoisotopic (exact) mass is 377 g/mol. The van der Waals surface area contributed by atoms with Crippen molar-refractivity contribution in [1.29, 1.82) is 0 Å². The first-order valence-corrected chi connectivity index (χ1v) is 10.2. The molecule has 2 aliphatic heterocycles. The molecule has 1 aromatic rings. The first kappa shape index (κ1) is 21.5. The van der Waals surface area contributed by atoms with Gasteiger partial charge in [0.05, 0.1) is 0 Å². The second-order valence-electron chi connectivity index (χ2n) is 8.20. The predicted molar refractivity (Wildman–Crippen MR) is 107 cm³/mol. The molecule has 1 fully saturated rings. The van der Waals surface area contributed by atoms with Crippen molar-refractivity contribution in [3.05, 3.63) is 29.8 Å². The summed E-state index contributed by atoms with van der Waals surface area (Å²) in [5.41, 5.74) is 0.475. The second kappa shape index (κ2) is 8.96. The largest absolute Gasteiger partial charge is 0.487 e. The summed E-state index contributed by atoms with van der Waals surface area (Å²) in [5, 5.41) is 9.44. The number of aliphatic hydroxyl groups excluding tert-OH is 1. The van der Waals surface area contributed by atoms with Gasteiger partial charge in [-0.1, -0.05) is 32.0 Å². The van der Waals surface area contributed by atoms with Crippen molar-refractivity contribution in [2.45, 2.75) is 77.4 Å². The molecule has 1 spiro atoms. The summed E-state index contributed by atoms with van der Waals surface area (Å²) in [4.78, 5) is 14.1. The maximum atomic E-state index is 12.3. The molecule has 1 unspecified atom stereocenters. The fraction of sp³-hybridized carbons (Fsp3) is 0.682. The van der Waals surface area contributed by atoms with E-state index in [1.54, 1.807) is 4.90 Å². The zero-order valence-corrected chi connectivity index (χ0v) is 17.5. The topological polar surface area (TPSA) is 59.0 Å². The molecular weight excluding hydrogens is 342 g/mol. The van der Waals surface area contributed by atoms with Gasteiger partial charge in [0.2, 0.25) is 0 Å². The number of carbonyl (C=O) groups is 1. The maximum Gasteiger partial charge on any atom is 0.410 e. The standard InChI is InChI=1S/C20H29NO4.C2H6/c1-19(2,3)25-18(23)21-11-9-20(10-12-21)14-15(8-13-22)16-6-4-5-7-17(16)24-20;1-2/h4-7,15,22H,8-14H2,1-3H3;1-2H3. The van der Waals surface area contributed by atoms with Crippen LogP contribution in [-0.4, -0.2) is 47.0 Å². The van der Waals surface area contributed by atoms with E-state index in [1.807, 2.05) is 52.8 Å². The lowest BCUT2D eigenvalue weighted by Crippen LogP contribution is -2.52. The molecule has 2 aliphatic rings. The Morgan fingerprint density at radius 2 is 1.89 bits per heavy atom. The third kappa shape index (κ3) is 5.38. The van der Waals surface area contributed by atoms with Gasteiger partial charge in [0.15, 0.2) is 0 Å². The van der Waals surface area contributed by atoms with Gasteiger partial charge in [0, 0.05) is 32.5 Å². The normalized spacial score (nSPS) is 20.8. The van der Waals surface area contributed by atoms with Crippen molar-refractivity contribution < 1.29 is 19.4 Å². The summed E-state index contributed by atoms with van der Waals surface area (Å²) in [6, 6.07) is 8.12. The van der Waals surface area contributed by atoms with Crippen LogP contribution in [0.15, 0.2) is 24.3 Å². The van der Waals surface area contributed by atoms with E-state index in [9.17, 15) is 9.90 Å². The molecule has 1 amide bonds. The van der Waals surface area contributed by atoms with E-state index >= 15 is 0 Å². The Morgan fingerprint density at radius 3 is 2.48 bits per heavy atom. The van der Waals surface area contributed by atoms with Crippen LogP contribution in [0.1, 0.15) is 71.8 Å². The average molecular weight is 378 g/mol. The maximum absolute atomic E-state index is 12.3. The van der Waals surface area contributed by atoms with Crippen LogP contribution in [0.3, 0.4) is 0 Å². The Bertz CT molecular complexity index is 615. The lowest BCUT2D eigenvalue weighted by Gasteiger charge is -2.47. The number of piperidine rings is 1. The third-order valence-electron chi connectivity index (χ3n) is 5.11. The highest BCUT2D eigenvalue weighted by atomic mass is 16.6. The smallest absolute Gasteiger partial charge is 0.410 e. The highest BCUT2D eigenvalue weighted by Gasteiger charge is 2.44. The van der Waals surface area contributed by atoms with Crippen molar-refractivity contribution in [2.24, 2.45) is 0 Å². The van der Waals surface area contributed by atoms with Gasteiger partial charge < -0.3 is 19.5 Å². The summed E-state index contributed by atoms with van der Waals surface area (Å²) in [5.74, 6) is 1.24. The Balaban J connectivity index is 0.00000126. The minimum Gasteiger partial charge on any atom is -0.487 e. The van der Waals surface area contributed by atoms with Gasteiger partial charge in [0.1, 0.15) is 17.0 Å². The highest BCUT2D eigenvalue weighted by Crippen LogP contribution is 2.46. The molecule has 5 heteroatoms. The first-order chi connectivity index (χ1) is 12.8. The van der Waals surface area contributed by atoms with Crippen LogP contribution in [0.4, 0.5) is 4.79 Å². The number of para-hydroxylation sites is 1. The molecule has 0 saturated carbocycles. The number of nitrogens with zero attached hydrogens (tertiary/aromatic N) is 1. The van der Waals surface area contributed by atoms with Crippen molar-refractivity contribution in [1.82, 2.24) is 4.90 Å². The minimum absolute atomic E-state index is 0.180. The van der Waals surface area contributed by atoms with Crippen LogP contribution in [0.2, 0.25) is 0 Å². The van der Waals surface area contributed by atoms with Crippen molar-refractivity contribution in [3.8, 4) is 5.75 Å². The van der Waals surface area contributed by atoms with Crippen molar-refractivity contribution >= 4 is 6.09 Å². The van der Waals surface area contributed by atoms with Gasteiger partial charge in [-0.3, -0.25) is 0 Å². The predicted octanol–water partition coefficient (Wildman–Crippen LogP) is 4.73. The van der Waals surface area contributed by atoms with Crippen LogP contribution in [0.5, 0.6) is 5.75 Å². The van der Waals surface area contributed by atoms with Crippen LogP contribution in [0, 0.1) is 0 Å². The van der Waals surface area contributed by atoms with Gasteiger partial charge in [0.25, 0.3) is 0 Å². The SMILES string of the molecule is CC.CC(C)(C)OC(=O)N1CCC2(CC1)CC(CCO)c1ccccc1O2. The molecule has 1 saturated heterocycles.